The van der Waals surface area contributed by atoms with Gasteiger partial charge in [0.2, 0.25) is 11.8 Å². The molecule has 0 bridgehead atoms. The van der Waals surface area contributed by atoms with E-state index in [2.05, 4.69) is 36.3 Å². The first-order chi connectivity index (χ1) is 9.68. The molecule has 2 amide bonds. The maximum atomic E-state index is 12.2. The molecular formula is C15H24N4O2. The van der Waals surface area contributed by atoms with Crippen molar-refractivity contribution in [3.63, 3.8) is 0 Å². The number of nitrogens with one attached hydrogen (secondary N) is 2. The van der Waals surface area contributed by atoms with Crippen molar-refractivity contribution in [3.05, 3.63) is 11.8 Å². The first-order valence-electron chi connectivity index (χ1n) is 7.34. The molecular weight excluding hydrogens is 268 g/mol. The summed E-state index contributed by atoms with van der Waals surface area (Å²) in [6.45, 7) is 10.6. The lowest BCUT2D eigenvalue weighted by molar-refractivity contribution is -0.129. The number of hydrogen-bond acceptors (Lipinski definition) is 3. The van der Waals surface area contributed by atoms with Gasteiger partial charge >= 0.3 is 0 Å². The second kappa shape index (κ2) is 5.50. The summed E-state index contributed by atoms with van der Waals surface area (Å²) >= 11 is 0. The number of carbonyl (C=O) groups excluding carboxylic acids is 2. The molecule has 1 saturated heterocycles. The maximum absolute atomic E-state index is 12.2. The zero-order valence-corrected chi connectivity index (χ0v) is 13.4. The van der Waals surface area contributed by atoms with Crippen LogP contribution < -0.4 is 5.32 Å². The summed E-state index contributed by atoms with van der Waals surface area (Å²) in [5.74, 6) is 0.121. The van der Waals surface area contributed by atoms with Crippen molar-refractivity contribution < 1.29 is 9.59 Å². The van der Waals surface area contributed by atoms with Gasteiger partial charge in [-0.1, -0.05) is 20.8 Å². The minimum absolute atomic E-state index is 0.0440. The van der Waals surface area contributed by atoms with Crippen LogP contribution in [0.2, 0.25) is 0 Å². The van der Waals surface area contributed by atoms with E-state index in [4.69, 9.17) is 0 Å². The van der Waals surface area contributed by atoms with Crippen molar-refractivity contribution >= 4 is 17.6 Å². The largest absolute Gasteiger partial charge is 0.339 e. The molecule has 2 heterocycles. The molecule has 1 aromatic heterocycles. The summed E-state index contributed by atoms with van der Waals surface area (Å²) in [6.07, 6.45) is 0.278. The number of aromatic amines is 1. The van der Waals surface area contributed by atoms with E-state index in [0.29, 0.717) is 12.4 Å². The quantitative estimate of drug-likeness (QED) is 0.893. The normalized spacial score (nSPS) is 19.4. The van der Waals surface area contributed by atoms with Crippen molar-refractivity contribution in [3.8, 4) is 0 Å². The molecule has 0 saturated carbocycles. The van der Waals surface area contributed by atoms with Gasteiger partial charge in [-0.05, 0) is 13.8 Å². The molecule has 21 heavy (non-hydrogen) atoms. The number of carbonyl (C=O) groups is 2. The lowest BCUT2D eigenvalue weighted by Crippen LogP contribution is -2.33. The summed E-state index contributed by atoms with van der Waals surface area (Å²) in [5.41, 5.74) is 0.914. The van der Waals surface area contributed by atoms with Gasteiger partial charge in [-0.15, -0.1) is 0 Å². The molecule has 0 aromatic carbocycles. The average Bonchev–Trinajstić information content (AvgIpc) is 2.94. The Morgan fingerprint density at radius 3 is 2.62 bits per heavy atom. The highest BCUT2D eigenvalue weighted by atomic mass is 16.2. The second-order valence-corrected chi connectivity index (χ2v) is 6.95. The summed E-state index contributed by atoms with van der Waals surface area (Å²) in [7, 11) is 0. The van der Waals surface area contributed by atoms with Crippen molar-refractivity contribution in [2.24, 2.45) is 5.92 Å². The number of nitrogens with zero attached hydrogens (tertiary/aromatic N) is 2. The fraction of sp³-hybridized carbons (Fsp3) is 0.667. The van der Waals surface area contributed by atoms with E-state index in [1.165, 1.54) is 0 Å². The molecule has 1 aromatic rings. The van der Waals surface area contributed by atoms with Crippen LogP contribution in [0.1, 0.15) is 46.7 Å². The van der Waals surface area contributed by atoms with Crippen molar-refractivity contribution in [2.45, 2.75) is 52.5 Å². The minimum Gasteiger partial charge on any atom is -0.339 e. The molecule has 1 aliphatic heterocycles. The molecule has 1 aliphatic rings. The minimum atomic E-state index is -0.297. The predicted octanol–water partition coefficient (Wildman–Crippen LogP) is 1.90. The van der Waals surface area contributed by atoms with E-state index >= 15 is 0 Å². The fourth-order valence-corrected chi connectivity index (χ4v) is 2.40. The fourth-order valence-electron chi connectivity index (χ4n) is 2.40. The molecule has 0 aliphatic carbocycles. The summed E-state index contributed by atoms with van der Waals surface area (Å²) < 4.78 is 0. The Morgan fingerprint density at radius 2 is 2.14 bits per heavy atom. The van der Waals surface area contributed by atoms with Crippen molar-refractivity contribution in [2.75, 3.05) is 11.9 Å². The highest BCUT2D eigenvalue weighted by Crippen LogP contribution is 2.24. The van der Waals surface area contributed by atoms with E-state index in [0.717, 1.165) is 5.69 Å². The third-order valence-electron chi connectivity index (χ3n) is 3.79. The predicted molar refractivity (Wildman–Crippen MR) is 80.9 cm³/mol. The smallest absolute Gasteiger partial charge is 0.230 e. The summed E-state index contributed by atoms with van der Waals surface area (Å²) in [6, 6.07) is 1.97. The first kappa shape index (κ1) is 15.5. The van der Waals surface area contributed by atoms with Crippen molar-refractivity contribution in [1.29, 1.82) is 0 Å². The number of H-pyrrole nitrogens is 1. The lowest BCUT2D eigenvalue weighted by Gasteiger charge is -2.20. The van der Waals surface area contributed by atoms with E-state index in [9.17, 15) is 9.59 Å². The van der Waals surface area contributed by atoms with Gasteiger partial charge in [0.1, 0.15) is 0 Å². The molecule has 0 radical (unpaired) electrons. The summed E-state index contributed by atoms with van der Waals surface area (Å²) in [4.78, 5) is 25.8. The molecule has 1 fully saturated rings. The van der Waals surface area contributed by atoms with Gasteiger partial charge in [0, 0.05) is 36.2 Å². The topological polar surface area (TPSA) is 78.1 Å². The molecule has 2 rings (SSSR count). The molecule has 6 heteroatoms. The maximum Gasteiger partial charge on any atom is 0.230 e. The van der Waals surface area contributed by atoms with Crippen LogP contribution in [0.5, 0.6) is 0 Å². The average molecular weight is 292 g/mol. The van der Waals surface area contributed by atoms with Crippen LogP contribution in [-0.4, -0.2) is 39.5 Å². The van der Waals surface area contributed by atoms with Crippen LogP contribution in [-0.2, 0) is 15.0 Å². The van der Waals surface area contributed by atoms with Crippen LogP contribution >= 0.6 is 0 Å². The molecule has 2 N–H and O–H groups in total. The van der Waals surface area contributed by atoms with Crippen LogP contribution in [0.3, 0.4) is 0 Å². The van der Waals surface area contributed by atoms with Gasteiger partial charge < -0.3 is 10.2 Å². The van der Waals surface area contributed by atoms with Crippen LogP contribution in [0.25, 0.3) is 0 Å². The standard InChI is InChI=1S/C15H24N4O2/c1-9(2)19-8-10(6-13(19)20)14(21)16-12-7-11(17-18-12)15(3,4)5/h7,9-10H,6,8H2,1-5H3,(H2,16,17,18,21). The molecule has 1 atom stereocenters. The van der Waals surface area contributed by atoms with E-state index in [1.54, 1.807) is 4.90 Å². The first-order valence-corrected chi connectivity index (χ1v) is 7.34. The molecule has 1 unspecified atom stereocenters. The number of aromatic nitrogens is 2. The number of amides is 2. The molecule has 6 nitrogen and oxygen atoms in total. The Hall–Kier alpha value is -1.85. The lowest BCUT2D eigenvalue weighted by atomic mass is 9.92. The van der Waals surface area contributed by atoms with Crippen LogP contribution in [0, 0.1) is 5.92 Å². The Bertz CT molecular complexity index is 542. The summed E-state index contributed by atoms with van der Waals surface area (Å²) in [5, 5.41) is 9.84. The second-order valence-electron chi connectivity index (χ2n) is 6.95. The van der Waals surface area contributed by atoms with Gasteiger partial charge in [0.15, 0.2) is 5.82 Å². The zero-order valence-electron chi connectivity index (χ0n) is 13.4. The van der Waals surface area contributed by atoms with Gasteiger partial charge in [-0.2, -0.15) is 5.10 Å². The van der Waals surface area contributed by atoms with E-state index in [-0.39, 0.29) is 35.6 Å². The highest BCUT2D eigenvalue weighted by molar-refractivity contribution is 5.96. The molecule has 116 valence electrons. The molecule has 0 spiro atoms. The van der Waals surface area contributed by atoms with Crippen molar-refractivity contribution in [1.82, 2.24) is 15.1 Å². The van der Waals surface area contributed by atoms with Crippen LogP contribution in [0.15, 0.2) is 6.07 Å². The Labute approximate surface area is 125 Å². The Morgan fingerprint density at radius 1 is 1.48 bits per heavy atom. The van der Waals surface area contributed by atoms with E-state index < -0.39 is 0 Å². The van der Waals surface area contributed by atoms with Crippen LogP contribution in [0.4, 0.5) is 5.82 Å². The van der Waals surface area contributed by atoms with Gasteiger partial charge in [-0.25, -0.2) is 0 Å². The van der Waals surface area contributed by atoms with Gasteiger partial charge in [-0.3, -0.25) is 14.7 Å². The Kier molecular flexibility index (Phi) is 4.07. The van der Waals surface area contributed by atoms with Gasteiger partial charge in [0.05, 0.1) is 5.92 Å². The number of hydrogen-bond donors (Lipinski definition) is 2. The Balaban J connectivity index is 2.00. The monoisotopic (exact) mass is 292 g/mol. The SMILES string of the molecule is CC(C)N1CC(C(=O)Nc2cc(C(C)(C)C)[nH]n2)CC1=O. The third kappa shape index (κ3) is 3.43. The van der Waals surface area contributed by atoms with Gasteiger partial charge in [0.25, 0.3) is 0 Å². The third-order valence-corrected chi connectivity index (χ3v) is 3.79. The zero-order chi connectivity index (χ0) is 15.8. The number of rotatable bonds is 3. The number of anilines is 1. The van der Waals surface area contributed by atoms with E-state index in [1.807, 2.05) is 19.9 Å². The number of likely N-dealkylation sites (tertiary alicyclic amines) is 1. The highest BCUT2D eigenvalue weighted by Gasteiger charge is 2.35.